The third-order valence-electron chi connectivity index (χ3n) is 8.38. The second-order valence-electron chi connectivity index (χ2n) is 12.7. The molecule has 4 heteroatoms. The molecule has 252 valence electrons. The molecule has 0 aromatic carbocycles. The quantitative estimate of drug-likeness (QED) is 0.0444. The molecule has 0 aromatic heterocycles. The van der Waals surface area contributed by atoms with Crippen molar-refractivity contribution in [2.75, 3.05) is 6.61 Å². The van der Waals surface area contributed by atoms with Crippen molar-refractivity contribution >= 4 is 11.9 Å². The molecule has 0 fully saturated rings. The lowest BCUT2D eigenvalue weighted by Gasteiger charge is -2.05. The first-order valence-corrected chi connectivity index (χ1v) is 18.8. The van der Waals surface area contributed by atoms with Gasteiger partial charge in [-0.25, -0.2) is 0 Å². The van der Waals surface area contributed by atoms with Gasteiger partial charge in [-0.1, -0.05) is 166 Å². The molecule has 0 aliphatic heterocycles. The van der Waals surface area contributed by atoms with Crippen LogP contribution in [0.1, 0.15) is 206 Å². The lowest BCUT2D eigenvalue weighted by molar-refractivity contribution is -0.144. The molecule has 0 aliphatic rings. The maximum Gasteiger partial charge on any atom is 0.305 e. The zero-order chi connectivity index (χ0) is 31.3. The molecule has 0 spiro atoms. The Kier molecular flexibility index (Phi) is 35.3. The van der Waals surface area contributed by atoms with Crippen molar-refractivity contribution in [1.29, 1.82) is 0 Å². The van der Waals surface area contributed by atoms with Gasteiger partial charge in [0.05, 0.1) is 6.61 Å². The minimum atomic E-state index is -0.662. The number of carboxylic acid groups (broad SMARTS) is 1. The molecule has 0 unspecified atom stereocenters. The number of carbonyl (C=O) groups is 2. The SMILES string of the molecule is CCCCC/C=C\C/C=C\CCCCCCCC(=O)OCCCCCCCCCCCCCCCCCCCCC(=O)O. The van der Waals surface area contributed by atoms with Gasteiger partial charge in [0.15, 0.2) is 0 Å². The standard InChI is InChI=1S/C39H72O4/c1-2-3-4-5-6-7-8-9-14-18-21-24-27-30-33-36-39(42)43-37-34-31-28-25-22-19-16-13-11-10-12-15-17-20-23-26-29-32-35-38(40)41/h6-7,9,14H,2-5,8,10-13,15-37H2,1H3,(H,40,41)/b7-6-,14-9-. The molecule has 0 saturated carbocycles. The van der Waals surface area contributed by atoms with Gasteiger partial charge >= 0.3 is 11.9 Å². The first-order chi connectivity index (χ1) is 21.2. The van der Waals surface area contributed by atoms with E-state index in [4.69, 9.17) is 9.84 Å². The molecular formula is C39H72O4. The highest BCUT2D eigenvalue weighted by Crippen LogP contribution is 2.15. The van der Waals surface area contributed by atoms with E-state index >= 15 is 0 Å². The van der Waals surface area contributed by atoms with Gasteiger partial charge in [-0.2, -0.15) is 0 Å². The van der Waals surface area contributed by atoms with Crippen molar-refractivity contribution < 1.29 is 19.4 Å². The van der Waals surface area contributed by atoms with Gasteiger partial charge in [0.2, 0.25) is 0 Å². The summed E-state index contributed by atoms with van der Waals surface area (Å²) in [6.07, 6.45) is 46.2. The second-order valence-corrected chi connectivity index (χ2v) is 12.7. The maximum atomic E-state index is 11.9. The average Bonchev–Trinajstić information content (AvgIpc) is 2.99. The van der Waals surface area contributed by atoms with Crippen LogP contribution in [-0.4, -0.2) is 23.7 Å². The number of ether oxygens (including phenoxy) is 1. The fraction of sp³-hybridized carbons (Fsp3) is 0.846. The Hall–Kier alpha value is -1.58. The van der Waals surface area contributed by atoms with Crippen molar-refractivity contribution in [2.24, 2.45) is 0 Å². The fourth-order valence-electron chi connectivity index (χ4n) is 5.55. The highest BCUT2D eigenvalue weighted by atomic mass is 16.5. The lowest BCUT2D eigenvalue weighted by Crippen LogP contribution is -2.05. The van der Waals surface area contributed by atoms with E-state index < -0.39 is 5.97 Å². The van der Waals surface area contributed by atoms with E-state index in [1.54, 1.807) is 0 Å². The summed E-state index contributed by atoms with van der Waals surface area (Å²) in [7, 11) is 0. The number of esters is 1. The van der Waals surface area contributed by atoms with Crippen LogP contribution in [0.4, 0.5) is 0 Å². The Bertz CT molecular complexity index is 639. The molecular weight excluding hydrogens is 532 g/mol. The second kappa shape index (κ2) is 36.6. The van der Waals surface area contributed by atoms with Gasteiger partial charge in [0.25, 0.3) is 0 Å². The van der Waals surface area contributed by atoms with Crippen LogP contribution in [0.3, 0.4) is 0 Å². The zero-order valence-corrected chi connectivity index (χ0v) is 28.6. The topological polar surface area (TPSA) is 63.6 Å². The average molecular weight is 605 g/mol. The van der Waals surface area contributed by atoms with Gasteiger partial charge in [0, 0.05) is 12.8 Å². The monoisotopic (exact) mass is 605 g/mol. The van der Waals surface area contributed by atoms with Crippen LogP contribution in [0.2, 0.25) is 0 Å². The Morgan fingerprint density at radius 2 is 0.837 bits per heavy atom. The molecule has 0 bridgehead atoms. The van der Waals surface area contributed by atoms with Gasteiger partial charge in [0.1, 0.15) is 0 Å². The van der Waals surface area contributed by atoms with Crippen LogP contribution < -0.4 is 0 Å². The molecule has 4 nitrogen and oxygen atoms in total. The first-order valence-electron chi connectivity index (χ1n) is 18.8. The van der Waals surface area contributed by atoms with Gasteiger partial charge in [-0.3, -0.25) is 9.59 Å². The van der Waals surface area contributed by atoms with Crippen LogP contribution in [0.25, 0.3) is 0 Å². The smallest absolute Gasteiger partial charge is 0.305 e. The third kappa shape index (κ3) is 38.4. The number of carboxylic acids is 1. The summed E-state index contributed by atoms with van der Waals surface area (Å²) < 4.78 is 5.43. The van der Waals surface area contributed by atoms with Crippen LogP contribution in [0.5, 0.6) is 0 Å². The predicted molar refractivity (Wildman–Crippen MR) is 186 cm³/mol. The third-order valence-corrected chi connectivity index (χ3v) is 8.38. The molecule has 0 aliphatic carbocycles. The number of aliphatic carboxylic acids is 1. The van der Waals surface area contributed by atoms with Crippen molar-refractivity contribution in [3.63, 3.8) is 0 Å². The summed E-state index contributed by atoms with van der Waals surface area (Å²) in [5.41, 5.74) is 0. The molecule has 1 N–H and O–H groups in total. The number of allylic oxidation sites excluding steroid dienone is 4. The van der Waals surface area contributed by atoms with Gasteiger partial charge in [-0.05, 0) is 51.4 Å². The molecule has 0 rings (SSSR count). The molecule has 0 radical (unpaired) electrons. The number of rotatable bonds is 35. The summed E-state index contributed by atoms with van der Waals surface area (Å²) in [6, 6.07) is 0. The van der Waals surface area contributed by atoms with E-state index in [1.807, 2.05) is 0 Å². The van der Waals surface area contributed by atoms with Crippen LogP contribution in [0.15, 0.2) is 24.3 Å². The van der Waals surface area contributed by atoms with E-state index in [-0.39, 0.29) is 5.97 Å². The Labute approximate surface area is 267 Å². The fourth-order valence-corrected chi connectivity index (χ4v) is 5.55. The van der Waals surface area contributed by atoms with Gasteiger partial charge in [-0.15, -0.1) is 0 Å². The normalized spacial score (nSPS) is 11.7. The highest BCUT2D eigenvalue weighted by molar-refractivity contribution is 5.69. The van der Waals surface area contributed by atoms with Crippen LogP contribution >= 0.6 is 0 Å². The lowest BCUT2D eigenvalue weighted by atomic mass is 10.0. The Morgan fingerprint density at radius 3 is 1.28 bits per heavy atom. The largest absolute Gasteiger partial charge is 0.481 e. The van der Waals surface area contributed by atoms with E-state index in [9.17, 15) is 9.59 Å². The number of hydrogen-bond acceptors (Lipinski definition) is 3. The van der Waals surface area contributed by atoms with E-state index in [0.717, 1.165) is 38.5 Å². The first kappa shape index (κ1) is 41.4. The molecule has 0 saturated heterocycles. The zero-order valence-electron chi connectivity index (χ0n) is 28.6. The summed E-state index contributed by atoms with van der Waals surface area (Å²) in [4.78, 5) is 22.4. The highest BCUT2D eigenvalue weighted by Gasteiger charge is 2.02. The van der Waals surface area contributed by atoms with Crippen LogP contribution in [0, 0.1) is 0 Å². The number of unbranched alkanes of at least 4 members (excludes halogenated alkanes) is 25. The maximum absolute atomic E-state index is 11.9. The minimum absolute atomic E-state index is 0.00403. The van der Waals surface area contributed by atoms with Crippen molar-refractivity contribution in [3.05, 3.63) is 24.3 Å². The predicted octanol–water partition coefficient (Wildman–Crippen LogP) is 12.8. The van der Waals surface area contributed by atoms with Crippen molar-refractivity contribution in [1.82, 2.24) is 0 Å². The number of hydrogen-bond donors (Lipinski definition) is 1. The van der Waals surface area contributed by atoms with E-state index in [2.05, 4.69) is 31.2 Å². The molecule has 0 aromatic rings. The molecule has 43 heavy (non-hydrogen) atoms. The summed E-state index contributed by atoms with van der Waals surface area (Å²) in [6.45, 7) is 2.85. The van der Waals surface area contributed by atoms with E-state index in [1.165, 1.54) is 148 Å². The Balaban J connectivity index is 3.21. The van der Waals surface area contributed by atoms with Crippen molar-refractivity contribution in [3.8, 4) is 0 Å². The van der Waals surface area contributed by atoms with Crippen LogP contribution in [-0.2, 0) is 14.3 Å². The number of carbonyl (C=O) groups excluding carboxylic acids is 1. The molecule has 0 amide bonds. The molecule has 0 heterocycles. The minimum Gasteiger partial charge on any atom is -0.481 e. The Morgan fingerprint density at radius 1 is 0.465 bits per heavy atom. The van der Waals surface area contributed by atoms with Crippen molar-refractivity contribution in [2.45, 2.75) is 206 Å². The summed E-state index contributed by atoms with van der Waals surface area (Å²) in [5, 5.41) is 8.63. The van der Waals surface area contributed by atoms with Gasteiger partial charge < -0.3 is 9.84 Å². The summed E-state index contributed by atoms with van der Waals surface area (Å²) in [5.74, 6) is -0.667. The van der Waals surface area contributed by atoms with E-state index in [0.29, 0.717) is 19.4 Å². The molecule has 0 atom stereocenters. The summed E-state index contributed by atoms with van der Waals surface area (Å²) >= 11 is 0.